The fourth-order valence-corrected chi connectivity index (χ4v) is 2.53. The average Bonchev–Trinajstić information content (AvgIpc) is 2.35. The van der Waals surface area contributed by atoms with Crippen LogP contribution in [0.25, 0.3) is 0 Å². The molecular weight excluding hydrogens is 222 g/mol. The van der Waals surface area contributed by atoms with Gasteiger partial charge in [-0.1, -0.05) is 13.8 Å². The summed E-state index contributed by atoms with van der Waals surface area (Å²) in [5.74, 6) is 0.853. The van der Waals surface area contributed by atoms with Crippen LogP contribution in [0.2, 0.25) is 0 Å². The van der Waals surface area contributed by atoms with Gasteiger partial charge in [-0.15, -0.1) is 0 Å². The second-order valence-electron chi connectivity index (χ2n) is 6.14. The molecule has 0 radical (unpaired) electrons. The second kappa shape index (κ2) is 9.76. The first-order valence-electron chi connectivity index (χ1n) is 7.80. The highest BCUT2D eigenvalue weighted by Gasteiger charge is 2.08. The Hall–Kier alpha value is -0.120. The fraction of sp³-hybridized carbons (Fsp3) is 1.00. The zero-order chi connectivity index (χ0) is 13.2. The van der Waals surface area contributed by atoms with Gasteiger partial charge in [0, 0.05) is 26.2 Å². The summed E-state index contributed by atoms with van der Waals surface area (Å²) in [6.07, 6.45) is 5.42. The van der Waals surface area contributed by atoms with Crippen LogP contribution in [0.4, 0.5) is 0 Å². The van der Waals surface area contributed by atoms with Gasteiger partial charge in [-0.25, -0.2) is 0 Å². The van der Waals surface area contributed by atoms with Gasteiger partial charge in [-0.3, -0.25) is 0 Å². The molecule has 1 rings (SSSR count). The molecule has 0 saturated carbocycles. The molecule has 0 bridgehead atoms. The van der Waals surface area contributed by atoms with Crippen molar-refractivity contribution in [1.82, 2.24) is 15.1 Å². The van der Waals surface area contributed by atoms with E-state index < -0.39 is 0 Å². The van der Waals surface area contributed by atoms with Gasteiger partial charge in [0.2, 0.25) is 0 Å². The van der Waals surface area contributed by atoms with Crippen molar-refractivity contribution in [2.24, 2.45) is 5.92 Å². The first kappa shape index (κ1) is 15.9. The van der Waals surface area contributed by atoms with Gasteiger partial charge in [-0.2, -0.15) is 0 Å². The molecule has 1 aliphatic rings. The third kappa shape index (κ3) is 8.06. The minimum absolute atomic E-state index is 0.853. The molecule has 1 aliphatic heterocycles. The minimum Gasteiger partial charge on any atom is -0.314 e. The molecule has 0 aromatic rings. The van der Waals surface area contributed by atoms with E-state index in [1.807, 2.05) is 0 Å². The molecular formula is C15H33N3. The monoisotopic (exact) mass is 255 g/mol. The molecule has 18 heavy (non-hydrogen) atoms. The lowest BCUT2D eigenvalue weighted by Gasteiger charge is -2.27. The van der Waals surface area contributed by atoms with E-state index in [1.54, 1.807) is 0 Å². The highest BCUT2D eigenvalue weighted by molar-refractivity contribution is 4.67. The maximum atomic E-state index is 3.41. The van der Waals surface area contributed by atoms with E-state index in [2.05, 4.69) is 36.0 Å². The number of piperazine rings is 1. The third-order valence-corrected chi connectivity index (χ3v) is 3.80. The Morgan fingerprint density at radius 3 is 2.39 bits per heavy atom. The Morgan fingerprint density at radius 2 is 1.72 bits per heavy atom. The lowest BCUT2D eigenvalue weighted by atomic mass is 10.1. The van der Waals surface area contributed by atoms with E-state index in [0.29, 0.717) is 0 Å². The molecule has 0 unspecified atom stereocenters. The molecule has 1 N–H and O–H groups in total. The Kier molecular flexibility index (Phi) is 8.64. The molecule has 0 atom stereocenters. The van der Waals surface area contributed by atoms with Gasteiger partial charge in [-0.05, 0) is 58.3 Å². The van der Waals surface area contributed by atoms with Crippen molar-refractivity contribution in [3.8, 4) is 0 Å². The summed E-state index contributed by atoms with van der Waals surface area (Å²) in [5, 5.41) is 3.41. The summed E-state index contributed by atoms with van der Waals surface area (Å²) in [6.45, 7) is 13.3. The Labute approximate surface area is 114 Å². The number of hydrogen-bond acceptors (Lipinski definition) is 3. The molecule has 0 amide bonds. The number of unbranched alkanes of at least 4 members (excludes halogenated alkanes) is 1. The smallest absolute Gasteiger partial charge is 0.0107 e. The van der Waals surface area contributed by atoms with Gasteiger partial charge < -0.3 is 15.1 Å². The molecule has 0 aromatic carbocycles. The number of nitrogens with zero attached hydrogens (tertiary/aromatic N) is 2. The van der Waals surface area contributed by atoms with E-state index in [-0.39, 0.29) is 0 Å². The average molecular weight is 255 g/mol. The van der Waals surface area contributed by atoms with Crippen molar-refractivity contribution in [1.29, 1.82) is 0 Å². The van der Waals surface area contributed by atoms with E-state index in [0.717, 1.165) is 5.92 Å². The Morgan fingerprint density at radius 1 is 1.06 bits per heavy atom. The largest absolute Gasteiger partial charge is 0.314 e. The molecule has 1 fully saturated rings. The van der Waals surface area contributed by atoms with Gasteiger partial charge in [0.15, 0.2) is 0 Å². The van der Waals surface area contributed by atoms with E-state index in [4.69, 9.17) is 0 Å². The number of nitrogens with one attached hydrogen (secondary N) is 1. The molecule has 1 saturated heterocycles. The lowest BCUT2D eigenvalue weighted by Crippen LogP contribution is -2.43. The zero-order valence-electron chi connectivity index (χ0n) is 12.7. The topological polar surface area (TPSA) is 18.5 Å². The molecule has 0 aliphatic carbocycles. The molecule has 0 spiro atoms. The van der Waals surface area contributed by atoms with Crippen molar-refractivity contribution in [3.63, 3.8) is 0 Å². The Balaban J connectivity index is 1.89. The molecule has 1 heterocycles. The summed E-state index contributed by atoms with van der Waals surface area (Å²) in [7, 11) is 2.27. The Bertz CT molecular complexity index is 188. The van der Waals surface area contributed by atoms with Gasteiger partial charge in [0.1, 0.15) is 0 Å². The molecule has 108 valence electrons. The normalized spacial score (nSPS) is 17.8. The van der Waals surface area contributed by atoms with E-state index in [1.165, 1.54) is 71.5 Å². The number of rotatable bonds is 9. The quantitative estimate of drug-likeness (QED) is 0.636. The van der Waals surface area contributed by atoms with Crippen LogP contribution in [-0.4, -0.2) is 62.7 Å². The van der Waals surface area contributed by atoms with Crippen LogP contribution in [0.3, 0.4) is 0 Å². The van der Waals surface area contributed by atoms with Crippen molar-refractivity contribution in [2.75, 3.05) is 52.9 Å². The zero-order valence-corrected chi connectivity index (χ0v) is 12.7. The van der Waals surface area contributed by atoms with Crippen LogP contribution < -0.4 is 5.32 Å². The van der Waals surface area contributed by atoms with Crippen LogP contribution in [-0.2, 0) is 0 Å². The SMILES string of the molecule is CC(C)CCCN(C)CCCCN1CCNCC1. The third-order valence-electron chi connectivity index (χ3n) is 3.80. The van der Waals surface area contributed by atoms with Crippen LogP contribution in [0, 0.1) is 5.92 Å². The van der Waals surface area contributed by atoms with Crippen molar-refractivity contribution in [2.45, 2.75) is 39.5 Å². The maximum absolute atomic E-state index is 3.41. The summed E-state index contributed by atoms with van der Waals surface area (Å²) < 4.78 is 0. The second-order valence-corrected chi connectivity index (χ2v) is 6.14. The van der Waals surface area contributed by atoms with Crippen LogP contribution in [0.15, 0.2) is 0 Å². The fourth-order valence-electron chi connectivity index (χ4n) is 2.53. The lowest BCUT2D eigenvalue weighted by molar-refractivity contribution is 0.229. The summed E-state index contributed by atoms with van der Waals surface area (Å²) in [4.78, 5) is 5.09. The molecule has 0 aromatic heterocycles. The highest BCUT2D eigenvalue weighted by Crippen LogP contribution is 2.05. The van der Waals surface area contributed by atoms with Crippen LogP contribution >= 0.6 is 0 Å². The summed E-state index contributed by atoms with van der Waals surface area (Å²) >= 11 is 0. The van der Waals surface area contributed by atoms with Crippen LogP contribution in [0.5, 0.6) is 0 Å². The minimum atomic E-state index is 0.853. The maximum Gasteiger partial charge on any atom is 0.0107 e. The van der Waals surface area contributed by atoms with E-state index >= 15 is 0 Å². The van der Waals surface area contributed by atoms with E-state index in [9.17, 15) is 0 Å². The van der Waals surface area contributed by atoms with Gasteiger partial charge >= 0.3 is 0 Å². The predicted molar refractivity (Wildman–Crippen MR) is 80.1 cm³/mol. The van der Waals surface area contributed by atoms with Gasteiger partial charge in [0.25, 0.3) is 0 Å². The molecule has 3 heteroatoms. The first-order chi connectivity index (χ1) is 8.68. The number of hydrogen-bond donors (Lipinski definition) is 1. The summed E-state index contributed by atoms with van der Waals surface area (Å²) in [5.41, 5.74) is 0. The standard InChI is InChI=1S/C15H33N3/c1-15(2)7-6-11-17(3)10-4-5-12-18-13-8-16-9-14-18/h15-16H,4-14H2,1-3H3. The van der Waals surface area contributed by atoms with Gasteiger partial charge in [0.05, 0.1) is 0 Å². The van der Waals surface area contributed by atoms with Crippen molar-refractivity contribution < 1.29 is 0 Å². The van der Waals surface area contributed by atoms with Crippen molar-refractivity contribution >= 4 is 0 Å². The summed E-state index contributed by atoms with van der Waals surface area (Å²) in [6, 6.07) is 0. The predicted octanol–water partition coefficient (Wildman–Crippen LogP) is 2.04. The van der Waals surface area contributed by atoms with Crippen LogP contribution in [0.1, 0.15) is 39.5 Å². The van der Waals surface area contributed by atoms with Crippen molar-refractivity contribution in [3.05, 3.63) is 0 Å². The molecule has 3 nitrogen and oxygen atoms in total. The first-order valence-corrected chi connectivity index (χ1v) is 7.80. The highest BCUT2D eigenvalue weighted by atomic mass is 15.2.